The van der Waals surface area contributed by atoms with Gasteiger partial charge in [-0.1, -0.05) is 29.9 Å². The van der Waals surface area contributed by atoms with Gasteiger partial charge in [-0.25, -0.2) is 13.1 Å². The first-order chi connectivity index (χ1) is 8.33. The van der Waals surface area contributed by atoms with Gasteiger partial charge >= 0.3 is 0 Å². The van der Waals surface area contributed by atoms with E-state index in [2.05, 4.69) is 4.72 Å². The minimum absolute atomic E-state index is 0.323. The highest BCUT2D eigenvalue weighted by Crippen LogP contribution is 2.16. The maximum Gasteiger partial charge on any atom is 0.240 e. The Hall–Kier alpha value is -0.980. The van der Waals surface area contributed by atoms with Gasteiger partial charge in [-0.05, 0) is 38.3 Å². The van der Waals surface area contributed by atoms with Crippen molar-refractivity contribution in [2.24, 2.45) is 5.73 Å². The summed E-state index contributed by atoms with van der Waals surface area (Å²) in [6.07, 6.45) is 1.16. The summed E-state index contributed by atoms with van der Waals surface area (Å²) in [6.45, 7) is 4.06. The Morgan fingerprint density at radius 1 is 1.39 bits per heavy atom. The normalized spacial score (nSPS) is 11.4. The molecular formula is C12H18N2O2S2. The standard InChI is InChI=1S/C12H18N2O2S2/c1-9-5-6-11(10(2)8-9)18(15,16)14-7-3-4-12(13)17/h5-6,8,14H,3-4,7H2,1-2H3,(H2,13,17). The summed E-state index contributed by atoms with van der Waals surface area (Å²) in [5.41, 5.74) is 7.14. The van der Waals surface area contributed by atoms with Crippen LogP contribution in [0, 0.1) is 13.8 Å². The average Bonchev–Trinajstić information content (AvgIpc) is 2.23. The first kappa shape index (κ1) is 15.1. The highest BCUT2D eigenvalue weighted by molar-refractivity contribution is 7.89. The van der Waals surface area contributed by atoms with Crippen molar-refractivity contribution in [3.63, 3.8) is 0 Å². The van der Waals surface area contributed by atoms with Crippen molar-refractivity contribution in [1.29, 1.82) is 0 Å². The van der Waals surface area contributed by atoms with Crippen molar-refractivity contribution in [2.45, 2.75) is 31.6 Å². The zero-order valence-corrected chi connectivity index (χ0v) is 12.2. The zero-order valence-electron chi connectivity index (χ0n) is 10.6. The number of rotatable bonds is 6. The Labute approximate surface area is 114 Å². The van der Waals surface area contributed by atoms with Crippen molar-refractivity contribution in [3.05, 3.63) is 29.3 Å². The summed E-state index contributed by atoms with van der Waals surface area (Å²) in [4.78, 5) is 0.726. The molecule has 0 radical (unpaired) electrons. The molecule has 0 unspecified atom stereocenters. The molecule has 0 aromatic heterocycles. The second kappa shape index (κ2) is 6.26. The molecule has 0 saturated heterocycles. The zero-order chi connectivity index (χ0) is 13.8. The van der Waals surface area contributed by atoms with E-state index in [0.717, 1.165) is 11.1 Å². The summed E-state index contributed by atoms with van der Waals surface area (Å²) in [5.74, 6) is 0. The maximum atomic E-state index is 12.0. The third kappa shape index (κ3) is 4.36. The first-order valence-electron chi connectivity index (χ1n) is 5.68. The van der Waals surface area contributed by atoms with Crippen molar-refractivity contribution < 1.29 is 8.42 Å². The van der Waals surface area contributed by atoms with Crippen LogP contribution in [0.2, 0.25) is 0 Å². The topological polar surface area (TPSA) is 72.2 Å². The number of nitrogens with two attached hydrogens (primary N) is 1. The fraction of sp³-hybridized carbons (Fsp3) is 0.417. The van der Waals surface area contributed by atoms with E-state index in [4.69, 9.17) is 18.0 Å². The summed E-state index contributed by atoms with van der Waals surface area (Å²) in [7, 11) is -3.44. The van der Waals surface area contributed by atoms with Gasteiger partial charge in [0.25, 0.3) is 0 Å². The number of thiocarbonyl (C=S) groups is 1. The lowest BCUT2D eigenvalue weighted by atomic mass is 10.2. The van der Waals surface area contributed by atoms with Crippen LogP contribution in [0.25, 0.3) is 0 Å². The van der Waals surface area contributed by atoms with Crippen LogP contribution in [-0.4, -0.2) is 20.0 Å². The molecule has 0 saturated carbocycles. The Morgan fingerprint density at radius 3 is 2.61 bits per heavy atom. The van der Waals surface area contributed by atoms with Gasteiger partial charge < -0.3 is 5.73 Å². The predicted molar refractivity (Wildman–Crippen MR) is 77.1 cm³/mol. The van der Waals surface area contributed by atoms with Crippen LogP contribution in [0.15, 0.2) is 23.1 Å². The summed E-state index contributed by atoms with van der Waals surface area (Å²) < 4.78 is 26.6. The minimum atomic E-state index is -3.44. The van der Waals surface area contributed by atoms with Gasteiger partial charge in [-0.2, -0.15) is 0 Å². The van der Waals surface area contributed by atoms with Gasteiger partial charge in [0.15, 0.2) is 0 Å². The van der Waals surface area contributed by atoms with Gasteiger partial charge in [0.05, 0.1) is 9.88 Å². The molecule has 0 heterocycles. The molecule has 1 rings (SSSR count). The molecule has 1 aromatic rings. The van der Waals surface area contributed by atoms with Crippen molar-refractivity contribution >= 4 is 27.2 Å². The molecule has 0 bridgehead atoms. The highest BCUT2D eigenvalue weighted by atomic mass is 32.2. The maximum absolute atomic E-state index is 12.0. The van der Waals surface area contributed by atoms with Gasteiger partial charge in [-0.3, -0.25) is 0 Å². The fourth-order valence-corrected chi connectivity index (χ4v) is 3.09. The van der Waals surface area contributed by atoms with Crippen molar-refractivity contribution in [2.75, 3.05) is 6.54 Å². The molecule has 3 N–H and O–H groups in total. The van der Waals surface area contributed by atoms with E-state index >= 15 is 0 Å². The van der Waals surface area contributed by atoms with E-state index in [1.807, 2.05) is 13.0 Å². The van der Waals surface area contributed by atoms with Crippen LogP contribution in [0.5, 0.6) is 0 Å². The number of nitrogens with one attached hydrogen (secondary N) is 1. The third-order valence-corrected chi connectivity index (χ3v) is 4.34. The van der Waals surface area contributed by atoms with Crippen LogP contribution in [-0.2, 0) is 10.0 Å². The Morgan fingerprint density at radius 2 is 2.06 bits per heavy atom. The molecular weight excluding hydrogens is 268 g/mol. The summed E-state index contributed by atoms with van der Waals surface area (Å²) in [5, 5.41) is 0. The number of benzene rings is 1. The number of aryl methyl sites for hydroxylation is 2. The lowest BCUT2D eigenvalue weighted by molar-refractivity contribution is 0.579. The molecule has 18 heavy (non-hydrogen) atoms. The molecule has 0 amide bonds. The van der Waals surface area contributed by atoms with E-state index < -0.39 is 10.0 Å². The van der Waals surface area contributed by atoms with Crippen molar-refractivity contribution in [1.82, 2.24) is 4.72 Å². The Balaban J connectivity index is 2.71. The second-order valence-electron chi connectivity index (χ2n) is 4.24. The molecule has 0 atom stereocenters. The molecule has 1 aromatic carbocycles. The highest BCUT2D eigenvalue weighted by Gasteiger charge is 2.15. The molecule has 100 valence electrons. The van der Waals surface area contributed by atoms with E-state index in [9.17, 15) is 8.42 Å². The smallest absolute Gasteiger partial charge is 0.240 e. The van der Waals surface area contributed by atoms with E-state index in [0.29, 0.717) is 29.3 Å². The van der Waals surface area contributed by atoms with Crippen molar-refractivity contribution in [3.8, 4) is 0 Å². The lowest BCUT2D eigenvalue weighted by Crippen LogP contribution is -2.26. The Bertz CT molecular complexity index is 539. The molecule has 0 aliphatic carbocycles. The van der Waals surface area contributed by atoms with Crippen LogP contribution in [0.3, 0.4) is 0 Å². The predicted octanol–water partition coefficient (Wildman–Crippen LogP) is 1.65. The fourth-order valence-electron chi connectivity index (χ4n) is 1.65. The summed E-state index contributed by atoms with van der Waals surface area (Å²) in [6, 6.07) is 5.26. The van der Waals surface area contributed by atoms with Gasteiger partial charge in [0.2, 0.25) is 10.0 Å². The lowest BCUT2D eigenvalue weighted by Gasteiger charge is -2.09. The second-order valence-corrected chi connectivity index (χ2v) is 6.50. The molecule has 4 nitrogen and oxygen atoms in total. The Kier molecular flexibility index (Phi) is 5.25. The molecule has 6 heteroatoms. The van der Waals surface area contributed by atoms with Crippen LogP contribution in [0.4, 0.5) is 0 Å². The SMILES string of the molecule is Cc1ccc(S(=O)(=O)NCCCC(N)=S)c(C)c1. The van der Waals surface area contributed by atoms with Gasteiger partial charge in [0.1, 0.15) is 0 Å². The number of hydrogen-bond acceptors (Lipinski definition) is 3. The summed E-state index contributed by atoms with van der Waals surface area (Å²) >= 11 is 4.73. The third-order valence-electron chi connectivity index (χ3n) is 2.51. The number of sulfonamides is 1. The minimum Gasteiger partial charge on any atom is -0.393 e. The average molecular weight is 286 g/mol. The molecule has 0 fully saturated rings. The quantitative estimate of drug-likeness (QED) is 0.616. The monoisotopic (exact) mass is 286 g/mol. The van der Waals surface area contributed by atoms with E-state index in [-0.39, 0.29) is 0 Å². The van der Waals surface area contributed by atoms with Crippen LogP contribution in [0.1, 0.15) is 24.0 Å². The number of hydrogen-bond donors (Lipinski definition) is 2. The largest absolute Gasteiger partial charge is 0.393 e. The van der Waals surface area contributed by atoms with Crippen LogP contribution < -0.4 is 10.5 Å². The molecule has 0 spiro atoms. The van der Waals surface area contributed by atoms with Gasteiger partial charge in [-0.15, -0.1) is 0 Å². The molecule has 0 aliphatic rings. The molecule has 0 aliphatic heterocycles. The van der Waals surface area contributed by atoms with E-state index in [1.165, 1.54) is 0 Å². The van der Waals surface area contributed by atoms with E-state index in [1.54, 1.807) is 19.1 Å². The van der Waals surface area contributed by atoms with Crippen LogP contribution >= 0.6 is 12.2 Å². The van der Waals surface area contributed by atoms with Gasteiger partial charge in [0, 0.05) is 6.54 Å². The first-order valence-corrected chi connectivity index (χ1v) is 7.57.